The van der Waals surface area contributed by atoms with Crippen molar-refractivity contribution in [3.05, 3.63) is 27.7 Å². The average Bonchev–Trinajstić information content (AvgIpc) is 2.69. The Bertz CT molecular complexity index is 334. The third-order valence-corrected chi connectivity index (χ3v) is 3.79. The van der Waals surface area contributed by atoms with Crippen LogP contribution in [0.5, 0.6) is 0 Å². The summed E-state index contributed by atoms with van der Waals surface area (Å²) in [4.78, 5) is 0. The molecule has 0 unspecified atom stereocenters. The van der Waals surface area contributed by atoms with Crippen LogP contribution in [-0.2, 0) is 0 Å². The summed E-state index contributed by atoms with van der Waals surface area (Å²) in [5.41, 5.74) is 1.05. The minimum atomic E-state index is 0.794. The van der Waals surface area contributed by atoms with Crippen LogP contribution >= 0.6 is 27.5 Å². The molecular formula is C12H15BrClN. The fourth-order valence-corrected chi connectivity index (χ4v) is 2.84. The van der Waals surface area contributed by atoms with Crippen molar-refractivity contribution in [2.24, 2.45) is 5.92 Å². The molecule has 1 nitrogen and oxygen atoms in total. The molecule has 0 amide bonds. The van der Waals surface area contributed by atoms with Crippen molar-refractivity contribution in [3.63, 3.8) is 0 Å². The lowest BCUT2D eigenvalue weighted by Gasteiger charge is -2.13. The molecule has 0 radical (unpaired) electrons. The van der Waals surface area contributed by atoms with Crippen LogP contribution in [0.3, 0.4) is 0 Å². The molecule has 0 heterocycles. The van der Waals surface area contributed by atoms with E-state index in [1.54, 1.807) is 0 Å². The highest BCUT2D eigenvalue weighted by Gasteiger charge is 2.14. The fourth-order valence-electron chi connectivity index (χ4n) is 2.10. The number of nitrogens with one attached hydrogen (secondary N) is 1. The molecule has 0 saturated heterocycles. The number of hydrogen-bond acceptors (Lipinski definition) is 1. The number of anilines is 1. The van der Waals surface area contributed by atoms with Gasteiger partial charge in [-0.1, -0.05) is 40.4 Å². The molecule has 1 aromatic carbocycles. The first-order chi connectivity index (χ1) is 7.25. The third kappa shape index (κ3) is 3.12. The van der Waals surface area contributed by atoms with E-state index >= 15 is 0 Å². The Morgan fingerprint density at radius 1 is 1.33 bits per heavy atom. The van der Waals surface area contributed by atoms with Crippen molar-refractivity contribution < 1.29 is 0 Å². The second kappa shape index (κ2) is 5.22. The van der Waals surface area contributed by atoms with E-state index in [-0.39, 0.29) is 0 Å². The monoisotopic (exact) mass is 287 g/mol. The van der Waals surface area contributed by atoms with Gasteiger partial charge in [0.05, 0.1) is 10.7 Å². The molecule has 1 aromatic rings. The Hall–Kier alpha value is -0.210. The number of benzene rings is 1. The summed E-state index contributed by atoms with van der Waals surface area (Å²) in [6.45, 7) is 1.06. The summed E-state index contributed by atoms with van der Waals surface area (Å²) in [6.07, 6.45) is 5.50. The van der Waals surface area contributed by atoms with Gasteiger partial charge in [0, 0.05) is 11.0 Å². The van der Waals surface area contributed by atoms with Crippen LogP contribution in [-0.4, -0.2) is 6.54 Å². The third-order valence-electron chi connectivity index (χ3n) is 2.99. The molecule has 1 fully saturated rings. The van der Waals surface area contributed by atoms with E-state index in [0.29, 0.717) is 0 Å². The van der Waals surface area contributed by atoms with E-state index in [2.05, 4.69) is 21.2 Å². The maximum atomic E-state index is 6.12. The zero-order chi connectivity index (χ0) is 10.7. The van der Waals surface area contributed by atoms with Crippen LogP contribution in [0, 0.1) is 5.92 Å². The van der Waals surface area contributed by atoms with E-state index in [9.17, 15) is 0 Å². The Labute approximate surface area is 104 Å². The molecule has 0 atom stereocenters. The molecule has 1 N–H and O–H groups in total. The molecule has 0 aromatic heterocycles. The standard InChI is InChI=1S/C12H15BrClN/c13-10-5-6-12(11(14)7-10)15-8-9-3-1-2-4-9/h5-7,9,15H,1-4,8H2. The number of rotatable bonds is 3. The van der Waals surface area contributed by atoms with Gasteiger partial charge in [-0.3, -0.25) is 0 Å². The van der Waals surface area contributed by atoms with Crippen LogP contribution in [0.25, 0.3) is 0 Å². The van der Waals surface area contributed by atoms with Gasteiger partial charge in [0.25, 0.3) is 0 Å². The highest BCUT2D eigenvalue weighted by atomic mass is 79.9. The van der Waals surface area contributed by atoms with Crippen LogP contribution in [0.2, 0.25) is 5.02 Å². The first-order valence-corrected chi connectivity index (χ1v) is 6.62. The quantitative estimate of drug-likeness (QED) is 0.850. The summed E-state index contributed by atoms with van der Waals surface area (Å²) in [5, 5.41) is 4.22. The molecule has 82 valence electrons. The first kappa shape index (κ1) is 11.3. The van der Waals surface area contributed by atoms with Gasteiger partial charge in [0.2, 0.25) is 0 Å². The minimum absolute atomic E-state index is 0.794. The van der Waals surface area contributed by atoms with Crippen molar-refractivity contribution >= 4 is 33.2 Å². The summed E-state index contributed by atoms with van der Waals surface area (Å²) >= 11 is 9.52. The summed E-state index contributed by atoms with van der Waals surface area (Å²) < 4.78 is 1.03. The number of hydrogen-bond donors (Lipinski definition) is 1. The maximum Gasteiger partial charge on any atom is 0.0648 e. The second-order valence-electron chi connectivity index (χ2n) is 4.16. The largest absolute Gasteiger partial charge is 0.384 e. The minimum Gasteiger partial charge on any atom is -0.384 e. The van der Waals surface area contributed by atoms with Gasteiger partial charge in [-0.05, 0) is 37.0 Å². The highest BCUT2D eigenvalue weighted by Crippen LogP contribution is 2.28. The zero-order valence-electron chi connectivity index (χ0n) is 8.60. The predicted molar refractivity (Wildman–Crippen MR) is 69.6 cm³/mol. The van der Waals surface area contributed by atoms with Crippen LogP contribution in [0.1, 0.15) is 25.7 Å². The first-order valence-electron chi connectivity index (χ1n) is 5.44. The molecule has 2 rings (SSSR count). The van der Waals surface area contributed by atoms with Gasteiger partial charge in [-0.2, -0.15) is 0 Å². The Morgan fingerprint density at radius 3 is 2.73 bits per heavy atom. The summed E-state index contributed by atoms with van der Waals surface area (Å²) in [7, 11) is 0. The second-order valence-corrected chi connectivity index (χ2v) is 5.48. The highest BCUT2D eigenvalue weighted by molar-refractivity contribution is 9.10. The normalized spacial score (nSPS) is 16.9. The van der Waals surface area contributed by atoms with Crippen LogP contribution < -0.4 is 5.32 Å². The maximum absolute atomic E-state index is 6.12. The lowest BCUT2D eigenvalue weighted by Crippen LogP contribution is -2.11. The van der Waals surface area contributed by atoms with E-state index < -0.39 is 0 Å². The Kier molecular flexibility index (Phi) is 3.92. The van der Waals surface area contributed by atoms with Gasteiger partial charge in [0.1, 0.15) is 0 Å². The van der Waals surface area contributed by atoms with Crippen molar-refractivity contribution in [3.8, 4) is 0 Å². The summed E-state index contributed by atoms with van der Waals surface area (Å²) in [5.74, 6) is 0.838. The van der Waals surface area contributed by atoms with E-state index in [1.165, 1.54) is 25.7 Å². The lowest BCUT2D eigenvalue weighted by molar-refractivity contribution is 0.580. The SMILES string of the molecule is Clc1cc(Br)ccc1NCC1CCCC1. The fraction of sp³-hybridized carbons (Fsp3) is 0.500. The van der Waals surface area contributed by atoms with Gasteiger partial charge >= 0.3 is 0 Å². The van der Waals surface area contributed by atoms with Crippen LogP contribution in [0.4, 0.5) is 5.69 Å². The van der Waals surface area contributed by atoms with E-state index in [1.807, 2.05) is 18.2 Å². The van der Waals surface area contributed by atoms with Crippen molar-refractivity contribution in [1.29, 1.82) is 0 Å². The molecule has 0 bridgehead atoms. The van der Waals surface area contributed by atoms with Gasteiger partial charge in [0.15, 0.2) is 0 Å². The van der Waals surface area contributed by atoms with Crippen molar-refractivity contribution in [1.82, 2.24) is 0 Å². The van der Waals surface area contributed by atoms with E-state index in [0.717, 1.165) is 27.6 Å². The smallest absolute Gasteiger partial charge is 0.0648 e. The molecule has 0 aliphatic heterocycles. The van der Waals surface area contributed by atoms with Gasteiger partial charge in [-0.25, -0.2) is 0 Å². The molecule has 15 heavy (non-hydrogen) atoms. The Morgan fingerprint density at radius 2 is 2.07 bits per heavy atom. The van der Waals surface area contributed by atoms with E-state index in [4.69, 9.17) is 11.6 Å². The average molecular weight is 289 g/mol. The predicted octanol–water partition coefficient (Wildman–Crippen LogP) is 4.70. The molecule has 3 heteroatoms. The van der Waals surface area contributed by atoms with Crippen LogP contribution in [0.15, 0.2) is 22.7 Å². The van der Waals surface area contributed by atoms with Gasteiger partial charge in [-0.15, -0.1) is 0 Å². The zero-order valence-corrected chi connectivity index (χ0v) is 10.9. The molecule has 1 aliphatic carbocycles. The topological polar surface area (TPSA) is 12.0 Å². The van der Waals surface area contributed by atoms with Crippen molar-refractivity contribution in [2.45, 2.75) is 25.7 Å². The molecule has 0 spiro atoms. The lowest BCUT2D eigenvalue weighted by atomic mass is 10.1. The molecule has 1 saturated carbocycles. The Balaban J connectivity index is 1.92. The molecule has 1 aliphatic rings. The van der Waals surface area contributed by atoms with Crippen molar-refractivity contribution in [2.75, 3.05) is 11.9 Å². The molecular weight excluding hydrogens is 273 g/mol. The summed E-state index contributed by atoms with van der Waals surface area (Å²) in [6, 6.07) is 5.97. The van der Waals surface area contributed by atoms with Gasteiger partial charge < -0.3 is 5.32 Å². The number of halogens is 2.